The predicted molar refractivity (Wildman–Crippen MR) is 130 cm³/mol. The fourth-order valence-electron chi connectivity index (χ4n) is 4.68. The second-order valence-electron chi connectivity index (χ2n) is 8.10. The summed E-state index contributed by atoms with van der Waals surface area (Å²) in [5.74, 6) is 1.69. The summed E-state index contributed by atoms with van der Waals surface area (Å²) in [7, 11) is 1.69. The molecular formula is C27H21BrN2O2. The highest BCUT2D eigenvalue weighted by Gasteiger charge is 2.42. The number of rotatable bonds is 3. The molecule has 0 unspecified atom stereocenters. The average Bonchev–Trinajstić information content (AvgIpc) is 3.29. The van der Waals surface area contributed by atoms with Crippen LogP contribution >= 0.6 is 15.9 Å². The second kappa shape index (κ2) is 7.68. The number of ether oxygens (including phenoxy) is 2. The summed E-state index contributed by atoms with van der Waals surface area (Å²) in [6, 6.07) is 29.3. The van der Waals surface area contributed by atoms with Gasteiger partial charge >= 0.3 is 0 Å². The Bertz CT molecular complexity index is 1370. The molecule has 0 aromatic heterocycles. The normalized spacial score (nSPS) is 19.2. The van der Waals surface area contributed by atoms with E-state index in [9.17, 15) is 0 Å². The van der Waals surface area contributed by atoms with Crippen LogP contribution in [0.15, 0.2) is 94.5 Å². The molecular weight excluding hydrogens is 464 g/mol. The zero-order valence-corrected chi connectivity index (χ0v) is 19.1. The number of fused-ring (bicyclic) bond motifs is 4. The molecule has 2 aliphatic rings. The molecule has 0 amide bonds. The highest BCUT2D eigenvalue weighted by molar-refractivity contribution is 9.10. The van der Waals surface area contributed by atoms with Gasteiger partial charge in [-0.1, -0.05) is 64.5 Å². The Kier molecular flexibility index (Phi) is 4.65. The first-order valence-electron chi connectivity index (χ1n) is 10.7. The van der Waals surface area contributed by atoms with Crippen LogP contribution in [0.3, 0.4) is 0 Å². The summed E-state index contributed by atoms with van der Waals surface area (Å²) in [6.07, 6.45) is 0.458. The molecule has 4 aromatic carbocycles. The maximum absolute atomic E-state index is 6.50. The van der Waals surface area contributed by atoms with Gasteiger partial charge in [0, 0.05) is 16.5 Å². The monoisotopic (exact) mass is 484 g/mol. The van der Waals surface area contributed by atoms with Crippen molar-refractivity contribution in [2.45, 2.75) is 18.7 Å². The Hall–Kier alpha value is -3.31. The summed E-state index contributed by atoms with van der Waals surface area (Å²) in [4.78, 5) is 0. The maximum Gasteiger partial charge on any atom is 0.217 e. The van der Waals surface area contributed by atoms with Crippen molar-refractivity contribution in [3.63, 3.8) is 0 Å². The van der Waals surface area contributed by atoms with Gasteiger partial charge in [0.15, 0.2) is 0 Å². The van der Waals surface area contributed by atoms with E-state index in [2.05, 4.69) is 69.5 Å². The van der Waals surface area contributed by atoms with Crippen LogP contribution in [0.25, 0.3) is 10.8 Å². The van der Waals surface area contributed by atoms with Gasteiger partial charge in [-0.15, -0.1) is 0 Å². The van der Waals surface area contributed by atoms with Crippen molar-refractivity contribution in [2.24, 2.45) is 5.10 Å². The maximum atomic E-state index is 6.50. The molecule has 4 nitrogen and oxygen atoms in total. The van der Waals surface area contributed by atoms with E-state index in [1.165, 1.54) is 10.8 Å². The highest BCUT2D eigenvalue weighted by Crippen LogP contribution is 2.49. The quantitative estimate of drug-likeness (QED) is 0.318. The van der Waals surface area contributed by atoms with Crippen molar-refractivity contribution in [3.8, 4) is 11.5 Å². The Morgan fingerprint density at radius 3 is 2.59 bits per heavy atom. The van der Waals surface area contributed by atoms with Gasteiger partial charge in [-0.25, -0.2) is 5.01 Å². The molecule has 2 atom stereocenters. The fourth-order valence-corrected chi connectivity index (χ4v) is 5.06. The van der Waals surface area contributed by atoms with Gasteiger partial charge in [0.05, 0.1) is 24.4 Å². The van der Waals surface area contributed by atoms with E-state index in [1.807, 2.05) is 36.4 Å². The number of benzene rings is 4. The largest absolute Gasteiger partial charge is 0.496 e. The second-order valence-corrected chi connectivity index (χ2v) is 9.02. The van der Waals surface area contributed by atoms with E-state index in [0.29, 0.717) is 0 Å². The number of hydrogen-bond donors (Lipinski definition) is 0. The first-order chi connectivity index (χ1) is 15.7. The molecule has 0 N–H and O–H groups in total. The molecule has 0 spiro atoms. The minimum Gasteiger partial charge on any atom is -0.496 e. The van der Waals surface area contributed by atoms with Crippen LogP contribution in [0.5, 0.6) is 11.5 Å². The summed E-state index contributed by atoms with van der Waals surface area (Å²) < 4.78 is 13.2. The van der Waals surface area contributed by atoms with E-state index >= 15 is 0 Å². The van der Waals surface area contributed by atoms with Crippen LogP contribution in [-0.2, 0) is 0 Å². The van der Waals surface area contributed by atoms with E-state index in [-0.39, 0.29) is 12.3 Å². The van der Waals surface area contributed by atoms with Gasteiger partial charge in [0.1, 0.15) is 11.5 Å². The van der Waals surface area contributed by atoms with Crippen molar-refractivity contribution in [1.29, 1.82) is 0 Å². The Labute approximate surface area is 195 Å². The minimum atomic E-state index is -0.359. The fraction of sp³-hybridized carbons (Fsp3) is 0.148. The number of para-hydroxylation sites is 1. The van der Waals surface area contributed by atoms with E-state index in [1.54, 1.807) is 7.11 Å². The SMILES string of the molecule is COc1ccccc1[C@@H]1Oc2ccc(Br)cc2[C@@H]2CC(c3ccc4ccccc4c3)=NN21. The van der Waals surface area contributed by atoms with Gasteiger partial charge < -0.3 is 9.47 Å². The number of methoxy groups -OCH3 is 1. The zero-order chi connectivity index (χ0) is 21.7. The molecule has 0 saturated heterocycles. The molecule has 0 radical (unpaired) electrons. The third-order valence-electron chi connectivity index (χ3n) is 6.24. The molecule has 0 aliphatic carbocycles. The number of nitrogens with zero attached hydrogens (tertiary/aromatic N) is 2. The number of hydrogen-bond acceptors (Lipinski definition) is 4. The molecule has 4 aromatic rings. The molecule has 0 saturated carbocycles. The lowest BCUT2D eigenvalue weighted by Crippen LogP contribution is -2.34. The van der Waals surface area contributed by atoms with Crippen molar-refractivity contribution in [1.82, 2.24) is 5.01 Å². The Morgan fingerprint density at radius 1 is 0.906 bits per heavy atom. The summed E-state index contributed by atoms with van der Waals surface area (Å²) in [6.45, 7) is 0. The van der Waals surface area contributed by atoms with Crippen LogP contribution in [0.1, 0.15) is 35.4 Å². The zero-order valence-electron chi connectivity index (χ0n) is 17.5. The lowest BCUT2D eigenvalue weighted by Gasteiger charge is -2.38. The van der Waals surface area contributed by atoms with Crippen molar-refractivity contribution in [3.05, 3.63) is 106 Å². The Morgan fingerprint density at radius 2 is 1.72 bits per heavy atom. The lowest BCUT2D eigenvalue weighted by molar-refractivity contribution is -0.0203. The van der Waals surface area contributed by atoms with E-state index in [0.717, 1.165) is 44.8 Å². The van der Waals surface area contributed by atoms with Gasteiger partial charge in [0.25, 0.3) is 0 Å². The van der Waals surface area contributed by atoms with Crippen molar-refractivity contribution in [2.75, 3.05) is 7.11 Å². The molecule has 32 heavy (non-hydrogen) atoms. The van der Waals surface area contributed by atoms with Crippen LogP contribution in [0.4, 0.5) is 0 Å². The van der Waals surface area contributed by atoms with Crippen LogP contribution in [-0.4, -0.2) is 17.8 Å². The van der Waals surface area contributed by atoms with Crippen LogP contribution < -0.4 is 9.47 Å². The van der Waals surface area contributed by atoms with Crippen molar-refractivity contribution < 1.29 is 9.47 Å². The molecule has 2 aliphatic heterocycles. The van der Waals surface area contributed by atoms with Crippen molar-refractivity contribution >= 4 is 32.4 Å². The summed E-state index contributed by atoms with van der Waals surface area (Å²) in [5, 5.41) is 9.65. The van der Waals surface area contributed by atoms with Crippen LogP contribution in [0.2, 0.25) is 0 Å². The molecule has 2 heterocycles. The van der Waals surface area contributed by atoms with Gasteiger partial charge in [-0.05, 0) is 52.7 Å². The molecule has 5 heteroatoms. The average molecular weight is 485 g/mol. The highest BCUT2D eigenvalue weighted by atomic mass is 79.9. The lowest BCUT2D eigenvalue weighted by atomic mass is 9.95. The topological polar surface area (TPSA) is 34.1 Å². The summed E-state index contributed by atoms with van der Waals surface area (Å²) >= 11 is 3.63. The third-order valence-corrected chi connectivity index (χ3v) is 6.73. The number of halogens is 1. The van der Waals surface area contributed by atoms with E-state index in [4.69, 9.17) is 14.6 Å². The third kappa shape index (κ3) is 3.16. The molecule has 6 rings (SSSR count). The first-order valence-corrected chi connectivity index (χ1v) is 11.4. The standard InChI is InChI=1S/C27H21BrN2O2/c1-31-25-9-5-4-8-21(25)27-30-24(22-15-20(28)12-13-26(22)32-27)16-23(29-30)19-11-10-17-6-2-3-7-18(17)14-19/h2-15,24,27H,16H2,1H3/t24-,27-/m0/s1. The number of hydrazone groups is 1. The molecule has 0 bridgehead atoms. The van der Waals surface area contributed by atoms with Gasteiger partial charge in [-0.2, -0.15) is 5.10 Å². The predicted octanol–water partition coefficient (Wildman–Crippen LogP) is 6.85. The van der Waals surface area contributed by atoms with E-state index < -0.39 is 0 Å². The smallest absolute Gasteiger partial charge is 0.217 e. The summed E-state index contributed by atoms with van der Waals surface area (Å²) in [5.41, 5.74) is 4.33. The molecule has 0 fully saturated rings. The minimum absolute atomic E-state index is 0.0904. The molecule has 158 valence electrons. The van der Waals surface area contributed by atoms with Gasteiger partial charge in [-0.3, -0.25) is 0 Å². The van der Waals surface area contributed by atoms with Crippen LogP contribution in [0, 0.1) is 0 Å². The van der Waals surface area contributed by atoms with Gasteiger partial charge in [0.2, 0.25) is 6.23 Å². The first kappa shape index (κ1) is 19.4. The Balaban J connectivity index is 1.47.